The van der Waals surface area contributed by atoms with E-state index in [4.69, 9.17) is 4.74 Å². The summed E-state index contributed by atoms with van der Waals surface area (Å²) >= 11 is 0. The van der Waals surface area contributed by atoms with Gasteiger partial charge in [-0.3, -0.25) is 9.69 Å². The lowest BCUT2D eigenvalue weighted by atomic mass is 10.1. The molecule has 1 saturated carbocycles. The summed E-state index contributed by atoms with van der Waals surface area (Å²) in [5.74, 6) is 0.976. The third-order valence-electron chi connectivity index (χ3n) is 8.41. The van der Waals surface area contributed by atoms with Crippen LogP contribution in [0.3, 0.4) is 0 Å². The molecule has 6 rings (SSSR count). The lowest BCUT2D eigenvalue weighted by molar-refractivity contribution is -0.130. The first kappa shape index (κ1) is 26.2. The van der Waals surface area contributed by atoms with Crippen molar-refractivity contribution >= 4 is 29.0 Å². The van der Waals surface area contributed by atoms with E-state index in [2.05, 4.69) is 55.6 Å². The van der Waals surface area contributed by atoms with Crippen molar-refractivity contribution in [1.29, 1.82) is 0 Å². The number of carbonyl (C=O) groups excluding carboxylic acids is 1. The van der Waals surface area contributed by atoms with Crippen molar-refractivity contribution in [2.24, 2.45) is 0 Å². The fourth-order valence-corrected chi connectivity index (χ4v) is 6.06. The van der Waals surface area contributed by atoms with Crippen molar-refractivity contribution < 1.29 is 18.3 Å². The number of hydrogen-bond donors (Lipinski definition) is 2. The topological polar surface area (TPSA) is 85.9 Å². The number of aromatic nitrogens is 2. The Hall–Kier alpha value is -3.05. The Labute approximate surface area is 227 Å². The minimum absolute atomic E-state index is 0.0661. The Kier molecular flexibility index (Phi) is 7.53. The van der Waals surface area contributed by atoms with Crippen LogP contribution in [0.2, 0.25) is 0 Å². The molecule has 4 heterocycles. The van der Waals surface area contributed by atoms with E-state index in [9.17, 15) is 13.6 Å². The second kappa shape index (κ2) is 11.2. The van der Waals surface area contributed by atoms with E-state index in [1.165, 1.54) is 23.9 Å². The van der Waals surface area contributed by atoms with E-state index in [1.54, 1.807) is 4.90 Å². The molecule has 210 valence electrons. The van der Waals surface area contributed by atoms with Gasteiger partial charge in [0, 0.05) is 62.4 Å². The summed E-state index contributed by atoms with van der Waals surface area (Å²) in [7, 11) is 2.21. The highest BCUT2D eigenvalue weighted by Crippen LogP contribution is 2.46. The maximum absolute atomic E-state index is 13.7. The number of piperazine rings is 1. The Balaban J connectivity index is 1.13. The van der Waals surface area contributed by atoms with Gasteiger partial charge in [-0.25, -0.2) is 13.8 Å². The molecule has 4 fully saturated rings. The van der Waals surface area contributed by atoms with Crippen LogP contribution in [0.4, 0.5) is 31.9 Å². The molecule has 2 N–H and O–H groups in total. The summed E-state index contributed by atoms with van der Waals surface area (Å²) < 4.78 is 32.8. The molecule has 2 atom stereocenters. The molecular formula is C28H37F2N7O2. The van der Waals surface area contributed by atoms with Crippen molar-refractivity contribution in [2.45, 2.75) is 56.5 Å². The van der Waals surface area contributed by atoms with Crippen LogP contribution in [-0.4, -0.2) is 90.7 Å². The van der Waals surface area contributed by atoms with Crippen LogP contribution >= 0.6 is 0 Å². The summed E-state index contributed by atoms with van der Waals surface area (Å²) in [6, 6.07) is 7.72. The Bertz CT molecular complexity index is 1190. The zero-order valence-corrected chi connectivity index (χ0v) is 22.4. The van der Waals surface area contributed by atoms with Gasteiger partial charge >= 0.3 is 0 Å². The van der Waals surface area contributed by atoms with Crippen molar-refractivity contribution in [2.75, 3.05) is 68.5 Å². The summed E-state index contributed by atoms with van der Waals surface area (Å²) in [6.45, 7) is 4.65. The summed E-state index contributed by atoms with van der Waals surface area (Å²) in [5.41, 5.74) is 3.20. The predicted molar refractivity (Wildman–Crippen MR) is 146 cm³/mol. The summed E-state index contributed by atoms with van der Waals surface area (Å²) in [6.07, 6.45) is 3.01. The van der Waals surface area contributed by atoms with Crippen LogP contribution in [0.25, 0.3) is 0 Å². The van der Waals surface area contributed by atoms with Crippen LogP contribution in [0.5, 0.6) is 0 Å². The maximum Gasteiger partial charge on any atom is 0.268 e. The minimum atomic E-state index is -2.69. The largest absolute Gasteiger partial charge is 0.379 e. The average molecular weight is 542 g/mol. The molecule has 11 heteroatoms. The number of nitrogens with zero attached hydrogens (tertiary/aromatic N) is 5. The number of nitrogens with one attached hydrogen (secondary N) is 2. The van der Waals surface area contributed by atoms with Gasteiger partial charge in [0.15, 0.2) is 0 Å². The number of fused-ring (bicyclic) bond motifs is 2. The van der Waals surface area contributed by atoms with E-state index < -0.39 is 6.43 Å². The zero-order chi connectivity index (χ0) is 26.9. The van der Waals surface area contributed by atoms with Gasteiger partial charge in [0.2, 0.25) is 11.9 Å². The number of likely N-dealkylation sites (N-methyl/N-ethyl adjacent to an activating group) is 1. The molecule has 1 amide bonds. The van der Waals surface area contributed by atoms with Gasteiger partial charge in [0.1, 0.15) is 5.82 Å². The van der Waals surface area contributed by atoms with E-state index in [0.29, 0.717) is 69.6 Å². The number of ether oxygens (including phenoxy) is 1. The molecule has 9 nitrogen and oxygen atoms in total. The van der Waals surface area contributed by atoms with Crippen LogP contribution in [0.15, 0.2) is 24.4 Å². The molecule has 1 aromatic heterocycles. The third kappa shape index (κ3) is 5.79. The molecule has 3 saturated heterocycles. The first-order valence-corrected chi connectivity index (χ1v) is 14.1. The Morgan fingerprint density at radius 3 is 2.79 bits per heavy atom. The number of benzene rings is 1. The molecule has 0 radical (unpaired) electrons. The number of amides is 1. The van der Waals surface area contributed by atoms with Gasteiger partial charge in [-0.15, -0.1) is 0 Å². The molecule has 4 aliphatic rings. The van der Waals surface area contributed by atoms with Crippen LogP contribution < -0.4 is 15.5 Å². The molecule has 2 aromatic rings. The Morgan fingerprint density at radius 2 is 2.05 bits per heavy atom. The van der Waals surface area contributed by atoms with Gasteiger partial charge in [0.05, 0.1) is 25.2 Å². The van der Waals surface area contributed by atoms with Crippen molar-refractivity contribution in [3.63, 3.8) is 0 Å². The van der Waals surface area contributed by atoms with E-state index >= 15 is 0 Å². The van der Waals surface area contributed by atoms with Crippen LogP contribution in [0.1, 0.15) is 55.6 Å². The lowest BCUT2D eigenvalue weighted by Gasteiger charge is -2.34. The zero-order valence-electron chi connectivity index (χ0n) is 22.4. The molecular weight excluding hydrogens is 504 g/mol. The molecule has 2 unspecified atom stereocenters. The normalized spacial score (nSPS) is 23.5. The number of likely N-dealkylation sites (tertiary alicyclic amines) is 1. The summed E-state index contributed by atoms with van der Waals surface area (Å²) in [5, 5.41) is 6.37. The molecule has 3 aliphatic heterocycles. The monoisotopic (exact) mass is 541 g/mol. The lowest BCUT2D eigenvalue weighted by Crippen LogP contribution is -2.44. The standard InChI is InChI=1S/C28H37F2N7O2/c1-35-16-21-13-20(35)17-37(21)19-5-6-24(22(14-19)18-3-4-18)33-28-32-15-23(26(29)30)27(34-28)31-8-2-9-36-10-12-39-11-7-25(36)38/h5-6,14-15,18,20-21,26H,2-4,7-13,16-17H2,1H3,(H2,31,32,33,34). The smallest absolute Gasteiger partial charge is 0.268 e. The van der Waals surface area contributed by atoms with Gasteiger partial charge in [-0.1, -0.05) is 0 Å². The minimum Gasteiger partial charge on any atom is -0.379 e. The fourth-order valence-electron chi connectivity index (χ4n) is 6.06. The number of carbonyl (C=O) groups is 1. The highest BCUT2D eigenvalue weighted by molar-refractivity contribution is 5.76. The summed E-state index contributed by atoms with van der Waals surface area (Å²) in [4.78, 5) is 27.6. The van der Waals surface area contributed by atoms with Crippen molar-refractivity contribution in [1.82, 2.24) is 19.8 Å². The first-order valence-electron chi connectivity index (χ1n) is 14.1. The SMILES string of the molecule is CN1CC2CC1CN2c1ccc(Nc2ncc(C(F)F)c(NCCCN3CCOCCC3=O)n2)c(C2CC2)c1. The van der Waals surface area contributed by atoms with E-state index in [-0.39, 0.29) is 17.3 Å². The molecule has 1 aliphatic carbocycles. The number of rotatable bonds is 10. The number of anilines is 4. The van der Waals surface area contributed by atoms with Gasteiger partial charge in [-0.2, -0.15) is 4.98 Å². The fraction of sp³-hybridized carbons (Fsp3) is 0.607. The second-order valence-corrected chi connectivity index (χ2v) is 11.1. The van der Waals surface area contributed by atoms with Crippen molar-refractivity contribution in [3.05, 3.63) is 35.5 Å². The van der Waals surface area contributed by atoms with Crippen LogP contribution in [-0.2, 0) is 9.53 Å². The molecule has 2 bridgehead atoms. The second-order valence-electron chi connectivity index (χ2n) is 11.1. The highest BCUT2D eigenvalue weighted by Gasteiger charge is 2.41. The number of alkyl halides is 2. The quantitative estimate of drug-likeness (QED) is 0.437. The Morgan fingerprint density at radius 1 is 1.18 bits per heavy atom. The molecule has 0 spiro atoms. The van der Waals surface area contributed by atoms with Gasteiger partial charge in [-0.05, 0) is 62.4 Å². The number of hydrogen-bond acceptors (Lipinski definition) is 8. The first-order chi connectivity index (χ1) is 19.0. The maximum atomic E-state index is 13.7. The van der Waals surface area contributed by atoms with E-state index in [0.717, 1.165) is 31.6 Å². The predicted octanol–water partition coefficient (Wildman–Crippen LogP) is 3.98. The molecule has 1 aromatic carbocycles. The third-order valence-corrected chi connectivity index (χ3v) is 8.41. The van der Waals surface area contributed by atoms with Crippen molar-refractivity contribution in [3.8, 4) is 0 Å². The highest BCUT2D eigenvalue weighted by atomic mass is 19.3. The van der Waals surface area contributed by atoms with Gasteiger partial charge < -0.3 is 25.2 Å². The van der Waals surface area contributed by atoms with Gasteiger partial charge in [0.25, 0.3) is 6.43 Å². The van der Waals surface area contributed by atoms with Crippen LogP contribution in [0, 0.1) is 0 Å². The average Bonchev–Trinajstić information content (AvgIpc) is 3.64. The number of halogens is 2. The molecule has 39 heavy (non-hydrogen) atoms. The van der Waals surface area contributed by atoms with E-state index in [1.807, 2.05) is 0 Å².